The highest BCUT2D eigenvalue weighted by atomic mass is 19.3. The lowest BCUT2D eigenvalue weighted by atomic mass is 10.3. The summed E-state index contributed by atoms with van der Waals surface area (Å²) in [6.07, 6.45) is -0.197. The molecule has 74 valence electrons. The van der Waals surface area contributed by atoms with Gasteiger partial charge in [0.05, 0.1) is 19.2 Å². The van der Waals surface area contributed by atoms with Crippen molar-refractivity contribution < 1.29 is 13.9 Å². The first kappa shape index (κ1) is 10.4. The average molecular weight is 189 g/mol. The SMILES string of the molecule is OCC(C#CC1CC1)NCC(F)F. The summed E-state index contributed by atoms with van der Waals surface area (Å²) in [5, 5.41) is 11.2. The van der Waals surface area contributed by atoms with Crippen molar-refractivity contribution in [2.75, 3.05) is 13.2 Å². The van der Waals surface area contributed by atoms with Crippen molar-refractivity contribution in [3.05, 3.63) is 0 Å². The first-order chi connectivity index (χ1) is 6.22. The quantitative estimate of drug-likeness (QED) is 0.635. The van der Waals surface area contributed by atoms with E-state index < -0.39 is 19.0 Å². The van der Waals surface area contributed by atoms with E-state index in [0.29, 0.717) is 5.92 Å². The van der Waals surface area contributed by atoms with Crippen LogP contribution in [-0.4, -0.2) is 30.7 Å². The minimum Gasteiger partial charge on any atom is -0.394 e. The molecule has 2 N–H and O–H groups in total. The van der Waals surface area contributed by atoms with Gasteiger partial charge in [0.15, 0.2) is 0 Å². The van der Waals surface area contributed by atoms with Crippen LogP contribution in [-0.2, 0) is 0 Å². The summed E-state index contributed by atoms with van der Waals surface area (Å²) in [5.41, 5.74) is 0. The third kappa shape index (κ3) is 4.81. The Bertz CT molecular complexity index is 205. The number of hydrogen-bond donors (Lipinski definition) is 2. The molecule has 1 aliphatic carbocycles. The van der Waals surface area contributed by atoms with Gasteiger partial charge >= 0.3 is 0 Å². The molecule has 0 aromatic rings. The van der Waals surface area contributed by atoms with Gasteiger partial charge < -0.3 is 5.11 Å². The Kier molecular flexibility index (Phi) is 4.13. The minimum atomic E-state index is -2.39. The molecular formula is C9H13F2NO. The maximum atomic E-state index is 11.8. The number of halogens is 2. The van der Waals surface area contributed by atoms with E-state index in [1.807, 2.05) is 0 Å². The number of nitrogens with one attached hydrogen (secondary N) is 1. The van der Waals surface area contributed by atoms with Crippen LogP contribution in [0.25, 0.3) is 0 Å². The van der Waals surface area contributed by atoms with Gasteiger partial charge in [0.25, 0.3) is 6.43 Å². The van der Waals surface area contributed by atoms with E-state index in [0.717, 1.165) is 12.8 Å². The first-order valence-electron chi connectivity index (χ1n) is 4.36. The lowest BCUT2D eigenvalue weighted by Crippen LogP contribution is -2.34. The second kappa shape index (κ2) is 5.15. The fraction of sp³-hybridized carbons (Fsp3) is 0.778. The van der Waals surface area contributed by atoms with Gasteiger partial charge in [0.2, 0.25) is 0 Å². The molecule has 0 aliphatic heterocycles. The standard InChI is InChI=1S/C9H13F2NO/c10-9(11)5-12-8(6-13)4-3-7-1-2-7/h7-9,12-13H,1-2,5-6H2. The molecule has 0 spiro atoms. The fourth-order valence-corrected chi connectivity index (χ4v) is 0.839. The van der Waals surface area contributed by atoms with E-state index in [2.05, 4.69) is 17.2 Å². The van der Waals surface area contributed by atoms with Crippen LogP contribution < -0.4 is 5.32 Å². The molecule has 1 unspecified atom stereocenters. The maximum absolute atomic E-state index is 11.8. The highest BCUT2D eigenvalue weighted by Crippen LogP contribution is 2.27. The third-order valence-corrected chi connectivity index (χ3v) is 1.74. The maximum Gasteiger partial charge on any atom is 0.250 e. The molecule has 1 fully saturated rings. The van der Waals surface area contributed by atoms with Crippen molar-refractivity contribution >= 4 is 0 Å². The van der Waals surface area contributed by atoms with E-state index in [1.165, 1.54) is 0 Å². The number of rotatable bonds is 4. The molecule has 1 aliphatic rings. The zero-order valence-electron chi connectivity index (χ0n) is 7.26. The normalized spacial score (nSPS) is 18.2. The minimum absolute atomic E-state index is 0.216. The van der Waals surface area contributed by atoms with Crippen molar-refractivity contribution in [2.24, 2.45) is 5.92 Å². The second-order valence-corrected chi connectivity index (χ2v) is 3.10. The van der Waals surface area contributed by atoms with Gasteiger partial charge in [-0.25, -0.2) is 8.78 Å². The van der Waals surface area contributed by atoms with Crippen molar-refractivity contribution in [1.29, 1.82) is 0 Å². The zero-order valence-corrected chi connectivity index (χ0v) is 7.26. The van der Waals surface area contributed by atoms with Crippen LogP contribution in [0.4, 0.5) is 8.78 Å². The van der Waals surface area contributed by atoms with Gasteiger partial charge in [-0.05, 0) is 12.8 Å². The average Bonchev–Trinajstić information content (AvgIpc) is 2.88. The highest BCUT2D eigenvalue weighted by Gasteiger charge is 2.18. The van der Waals surface area contributed by atoms with Crippen LogP contribution in [0.3, 0.4) is 0 Å². The molecule has 0 amide bonds. The van der Waals surface area contributed by atoms with Gasteiger partial charge in [0.1, 0.15) is 0 Å². The Labute approximate surface area is 76.3 Å². The van der Waals surface area contributed by atoms with Crippen molar-refractivity contribution in [2.45, 2.75) is 25.3 Å². The lowest BCUT2D eigenvalue weighted by molar-refractivity contribution is 0.138. The highest BCUT2D eigenvalue weighted by molar-refractivity contribution is 5.14. The van der Waals surface area contributed by atoms with E-state index in [-0.39, 0.29) is 6.61 Å². The molecule has 2 nitrogen and oxygen atoms in total. The monoisotopic (exact) mass is 189 g/mol. The molecule has 0 saturated heterocycles. The predicted molar refractivity (Wildman–Crippen MR) is 45.4 cm³/mol. The van der Waals surface area contributed by atoms with Crippen LogP contribution in [0, 0.1) is 17.8 Å². The van der Waals surface area contributed by atoms with Crippen molar-refractivity contribution in [3.63, 3.8) is 0 Å². The Morgan fingerprint density at radius 2 is 2.15 bits per heavy atom. The summed E-state index contributed by atoms with van der Waals surface area (Å²) in [4.78, 5) is 0. The van der Waals surface area contributed by atoms with Gasteiger partial charge in [-0.1, -0.05) is 11.8 Å². The zero-order chi connectivity index (χ0) is 9.68. The van der Waals surface area contributed by atoms with Crippen molar-refractivity contribution in [3.8, 4) is 11.8 Å². The van der Waals surface area contributed by atoms with Crippen molar-refractivity contribution in [1.82, 2.24) is 5.32 Å². The Morgan fingerprint density at radius 3 is 2.62 bits per heavy atom. The van der Waals surface area contributed by atoms with Gasteiger partial charge in [-0.15, -0.1) is 0 Å². The summed E-state index contributed by atoms with van der Waals surface area (Å²) in [7, 11) is 0. The molecule has 1 atom stereocenters. The Morgan fingerprint density at radius 1 is 1.46 bits per heavy atom. The van der Waals surface area contributed by atoms with Crippen LogP contribution >= 0.6 is 0 Å². The number of aliphatic hydroxyl groups is 1. The first-order valence-corrected chi connectivity index (χ1v) is 4.36. The third-order valence-electron chi connectivity index (χ3n) is 1.74. The Hall–Kier alpha value is -0.660. The molecule has 1 saturated carbocycles. The molecule has 0 aromatic carbocycles. The van der Waals surface area contributed by atoms with Crippen LogP contribution in [0.2, 0.25) is 0 Å². The summed E-state index contributed by atoms with van der Waals surface area (Å²) in [5.74, 6) is 6.09. The number of aliphatic hydroxyl groups excluding tert-OH is 1. The van der Waals surface area contributed by atoms with Gasteiger partial charge in [0, 0.05) is 5.92 Å². The molecule has 0 radical (unpaired) electrons. The van der Waals surface area contributed by atoms with Crippen LogP contribution in [0.5, 0.6) is 0 Å². The topological polar surface area (TPSA) is 32.3 Å². The lowest BCUT2D eigenvalue weighted by Gasteiger charge is -2.08. The van der Waals surface area contributed by atoms with E-state index in [4.69, 9.17) is 5.11 Å². The summed E-state index contributed by atoms with van der Waals surface area (Å²) in [6.45, 7) is -0.628. The smallest absolute Gasteiger partial charge is 0.250 e. The van der Waals surface area contributed by atoms with Gasteiger partial charge in [-0.2, -0.15) is 0 Å². The molecule has 0 bridgehead atoms. The summed E-state index contributed by atoms with van der Waals surface area (Å²) in [6, 6.07) is -0.505. The predicted octanol–water partition coefficient (Wildman–Crippen LogP) is 0.615. The largest absolute Gasteiger partial charge is 0.394 e. The molecule has 1 rings (SSSR count). The molecule has 4 heteroatoms. The fourth-order valence-electron chi connectivity index (χ4n) is 0.839. The summed E-state index contributed by atoms with van der Waals surface area (Å²) >= 11 is 0. The van der Waals surface area contributed by atoms with E-state index >= 15 is 0 Å². The van der Waals surface area contributed by atoms with Gasteiger partial charge in [-0.3, -0.25) is 5.32 Å². The van der Waals surface area contributed by atoms with E-state index in [1.54, 1.807) is 0 Å². The molecule has 13 heavy (non-hydrogen) atoms. The number of alkyl halides is 2. The summed E-state index contributed by atoms with van der Waals surface area (Å²) < 4.78 is 23.5. The van der Waals surface area contributed by atoms with Crippen LogP contribution in [0.15, 0.2) is 0 Å². The van der Waals surface area contributed by atoms with Crippen LogP contribution in [0.1, 0.15) is 12.8 Å². The number of hydrogen-bond acceptors (Lipinski definition) is 2. The Balaban J connectivity index is 2.22. The molecule has 0 heterocycles. The molecule has 0 aromatic heterocycles. The van der Waals surface area contributed by atoms with E-state index in [9.17, 15) is 8.78 Å². The second-order valence-electron chi connectivity index (χ2n) is 3.10. The molecular weight excluding hydrogens is 176 g/mol.